The highest BCUT2D eigenvalue weighted by molar-refractivity contribution is 6.22. The number of carbonyl (C=O) groups is 3. The molecule has 0 saturated heterocycles. The molecule has 0 unspecified atom stereocenters. The van der Waals surface area contributed by atoms with Gasteiger partial charge in [0.2, 0.25) is 5.82 Å². The Bertz CT molecular complexity index is 1120. The third kappa shape index (κ3) is 4.01. The van der Waals surface area contributed by atoms with Gasteiger partial charge in [-0.1, -0.05) is 31.1 Å². The molecule has 0 saturated carbocycles. The van der Waals surface area contributed by atoms with Gasteiger partial charge >= 0.3 is 5.97 Å². The number of esters is 1. The molecule has 0 spiro atoms. The zero-order chi connectivity index (χ0) is 22.8. The van der Waals surface area contributed by atoms with Crippen LogP contribution in [0.3, 0.4) is 0 Å². The standard InChI is InChI=1S/C23H22N4O5/c1-13(2)11-18(27-21(28)16-8-4-5-9-17(16)22(27)29)23(30)31-14(3)20-25-19(26-32-20)15-7-6-10-24-12-15/h4-10,12-14,18H,11H2,1-3H3/t14-,18-/m0/s1. The number of nitrogens with zero attached hydrogens (tertiary/aromatic N) is 4. The van der Waals surface area contributed by atoms with Crippen molar-refractivity contribution in [1.29, 1.82) is 0 Å². The van der Waals surface area contributed by atoms with Gasteiger partial charge in [-0.3, -0.25) is 19.5 Å². The highest BCUT2D eigenvalue weighted by atomic mass is 16.6. The minimum absolute atomic E-state index is 0.0350. The van der Waals surface area contributed by atoms with E-state index in [1.165, 1.54) is 0 Å². The molecule has 2 amide bonds. The molecule has 9 heteroatoms. The van der Waals surface area contributed by atoms with E-state index in [0.29, 0.717) is 11.4 Å². The summed E-state index contributed by atoms with van der Waals surface area (Å²) in [7, 11) is 0. The zero-order valence-electron chi connectivity index (χ0n) is 17.9. The van der Waals surface area contributed by atoms with Gasteiger partial charge in [0.05, 0.1) is 11.1 Å². The van der Waals surface area contributed by atoms with Crippen molar-refractivity contribution in [3.8, 4) is 11.4 Å². The molecule has 0 bridgehead atoms. The third-order valence-corrected chi connectivity index (χ3v) is 5.11. The molecule has 3 aromatic rings. The monoisotopic (exact) mass is 434 g/mol. The molecule has 0 radical (unpaired) electrons. The normalized spacial score (nSPS) is 15.1. The lowest BCUT2D eigenvalue weighted by Gasteiger charge is -2.26. The number of fused-ring (bicyclic) bond motifs is 1. The fourth-order valence-electron chi connectivity index (χ4n) is 3.56. The minimum atomic E-state index is -1.06. The van der Waals surface area contributed by atoms with E-state index in [0.717, 1.165) is 4.90 Å². The van der Waals surface area contributed by atoms with Crippen molar-refractivity contribution in [2.75, 3.05) is 0 Å². The quantitative estimate of drug-likeness (QED) is 0.410. The van der Waals surface area contributed by atoms with Crippen LogP contribution in [0.5, 0.6) is 0 Å². The van der Waals surface area contributed by atoms with Gasteiger partial charge in [-0.25, -0.2) is 4.79 Å². The SMILES string of the molecule is CC(C)C[C@@H](C(=O)O[C@@H](C)c1nc(-c2cccnc2)no1)N1C(=O)c2ccccc2C1=O. The summed E-state index contributed by atoms with van der Waals surface area (Å²) in [4.78, 5) is 48.2. The smallest absolute Gasteiger partial charge is 0.330 e. The minimum Gasteiger partial charge on any atom is -0.451 e. The van der Waals surface area contributed by atoms with Gasteiger partial charge in [0.15, 0.2) is 6.10 Å². The van der Waals surface area contributed by atoms with Crippen LogP contribution in [-0.4, -0.2) is 43.9 Å². The molecule has 32 heavy (non-hydrogen) atoms. The fraction of sp³-hybridized carbons (Fsp3) is 0.304. The highest BCUT2D eigenvalue weighted by Gasteiger charge is 2.44. The average Bonchev–Trinajstić information content (AvgIpc) is 3.37. The van der Waals surface area contributed by atoms with Crippen LogP contribution in [0, 0.1) is 5.92 Å². The Morgan fingerprint density at radius 3 is 2.34 bits per heavy atom. The van der Waals surface area contributed by atoms with Gasteiger partial charge in [0.25, 0.3) is 17.7 Å². The van der Waals surface area contributed by atoms with E-state index in [-0.39, 0.29) is 29.4 Å². The summed E-state index contributed by atoms with van der Waals surface area (Å²) < 4.78 is 10.8. The number of carbonyl (C=O) groups excluding carboxylic acids is 3. The van der Waals surface area contributed by atoms with E-state index in [4.69, 9.17) is 9.26 Å². The van der Waals surface area contributed by atoms with Crippen molar-refractivity contribution in [3.05, 3.63) is 65.8 Å². The Hall–Kier alpha value is -3.88. The van der Waals surface area contributed by atoms with Gasteiger partial charge in [-0.2, -0.15) is 4.98 Å². The third-order valence-electron chi connectivity index (χ3n) is 5.11. The van der Waals surface area contributed by atoms with Crippen LogP contribution in [0.2, 0.25) is 0 Å². The van der Waals surface area contributed by atoms with Crippen molar-refractivity contribution >= 4 is 17.8 Å². The lowest BCUT2D eigenvalue weighted by molar-refractivity contribution is -0.155. The number of hydrogen-bond acceptors (Lipinski definition) is 8. The summed E-state index contributed by atoms with van der Waals surface area (Å²) in [6.45, 7) is 5.40. The molecule has 1 aliphatic heterocycles. The second kappa shape index (κ2) is 8.70. The first-order valence-electron chi connectivity index (χ1n) is 10.3. The highest BCUT2D eigenvalue weighted by Crippen LogP contribution is 2.29. The second-order valence-corrected chi connectivity index (χ2v) is 7.95. The lowest BCUT2D eigenvalue weighted by Crippen LogP contribution is -2.46. The van der Waals surface area contributed by atoms with Crippen molar-refractivity contribution in [1.82, 2.24) is 20.0 Å². The predicted molar refractivity (Wildman–Crippen MR) is 112 cm³/mol. The maximum absolute atomic E-state index is 13.1. The van der Waals surface area contributed by atoms with E-state index in [1.54, 1.807) is 55.7 Å². The van der Waals surface area contributed by atoms with Crippen molar-refractivity contribution in [2.45, 2.75) is 39.3 Å². The molecule has 0 aliphatic carbocycles. The number of hydrogen-bond donors (Lipinski definition) is 0. The number of pyridine rings is 1. The molecule has 0 N–H and O–H groups in total. The van der Waals surface area contributed by atoms with E-state index in [1.807, 2.05) is 13.8 Å². The van der Waals surface area contributed by atoms with Crippen LogP contribution in [0.1, 0.15) is 59.9 Å². The molecule has 4 rings (SSSR count). The second-order valence-electron chi connectivity index (χ2n) is 7.95. The summed E-state index contributed by atoms with van der Waals surface area (Å²) in [5.41, 5.74) is 1.22. The van der Waals surface area contributed by atoms with Crippen molar-refractivity contribution in [2.24, 2.45) is 5.92 Å². The van der Waals surface area contributed by atoms with Gasteiger partial charge in [-0.15, -0.1) is 0 Å². The number of rotatable bonds is 7. The molecule has 164 valence electrons. The molecular weight excluding hydrogens is 412 g/mol. The van der Waals surface area contributed by atoms with Gasteiger partial charge in [0.1, 0.15) is 6.04 Å². The van der Waals surface area contributed by atoms with E-state index >= 15 is 0 Å². The Labute approximate surface area is 184 Å². The number of amides is 2. The van der Waals surface area contributed by atoms with Gasteiger partial charge in [-0.05, 0) is 43.5 Å². The first kappa shape index (κ1) is 21.4. The number of imide groups is 1. The Morgan fingerprint density at radius 1 is 1.06 bits per heavy atom. The molecule has 1 aliphatic rings. The van der Waals surface area contributed by atoms with Gasteiger partial charge in [0, 0.05) is 18.0 Å². The van der Waals surface area contributed by atoms with E-state index in [2.05, 4.69) is 15.1 Å². The maximum atomic E-state index is 13.1. The molecule has 2 aromatic heterocycles. The fourth-order valence-corrected chi connectivity index (χ4v) is 3.56. The predicted octanol–water partition coefficient (Wildman–Crippen LogP) is 3.45. The van der Waals surface area contributed by atoms with Crippen LogP contribution in [0.15, 0.2) is 53.3 Å². The summed E-state index contributed by atoms with van der Waals surface area (Å²) in [5, 5.41) is 3.90. The van der Waals surface area contributed by atoms with Crippen LogP contribution in [-0.2, 0) is 9.53 Å². The molecule has 3 heterocycles. The largest absolute Gasteiger partial charge is 0.451 e. The molecule has 1 aromatic carbocycles. The molecule has 0 fully saturated rings. The summed E-state index contributed by atoms with van der Waals surface area (Å²) in [6, 6.07) is 8.97. The van der Waals surface area contributed by atoms with Crippen LogP contribution >= 0.6 is 0 Å². The van der Waals surface area contributed by atoms with Crippen LogP contribution in [0.4, 0.5) is 0 Å². The number of benzene rings is 1. The van der Waals surface area contributed by atoms with Crippen molar-refractivity contribution < 1.29 is 23.6 Å². The summed E-state index contributed by atoms with van der Waals surface area (Å²) in [5.74, 6) is -1.26. The van der Waals surface area contributed by atoms with E-state index in [9.17, 15) is 14.4 Å². The summed E-state index contributed by atoms with van der Waals surface area (Å²) in [6.07, 6.45) is 2.61. The first-order chi connectivity index (χ1) is 15.4. The topological polar surface area (TPSA) is 115 Å². The number of aromatic nitrogens is 3. The lowest BCUT2D eigenvalue weighted by atomic mass is 10.0. The Morgan fingerprint density at radius 2 is 1.75 bits per heavy atom. The summed E-state index contributed by atoms with van der Waals surface area (Å²) >= 11 is 0. The van der Waals surface area contributed by atoms with E-state index < -0.39 is 29.9 Å². The average molecular weight is 434 g/mol. The maximum Gasteiger partial charge on any atom is 0.330 e. The van der Waals surface area contributed by atoms with Crippen molar-refractivity contribution in [3.63, 3.8) is 0 Å². The Kier molecular flexibility index (Phi) is 5.81. The molecular formula is C23H22N4O5. The van der Waals surface area contributed by atoms with Crippen LogP contribution in [0.25, 0.3) is 11.4 Å². The Balaban J connectivity index is 1.54. The van der Waals surface area contributed by atoms with Crippen LogP contribution < -0.4 is 0 Å². The zero-order valence-corrected chi connectivity index (χ0v) is 17.9. The van der Waals surface area contributed by atoms with Gasteiger partial charge < -0.3 is 9.26 Å². The molecule has 2 atom stereocenters. The number of ether oxygens (including phenoxy) is 1. The first-order valence-corrected chi connectivity index (χ1v) is 10.3. The molecule has 9 nitrogen and oxygen atoms in total.